The van der Waals surface area contributed by atoms with Crippen LogP contribution in [0.1, 0.15) is 258 Å². The summed E-state index contributed by atoms with van der Waals surface area (Å²) in [5.74, 6) is -0.952. The molecule has 6 heteroatoms. The molecule has 76 heavy (non-hydrogen) atoms. The van der Waals surface area contributed by atoms with Crippen molar-refractivity contribution < 1.29 is 28.6 Å². The van der Waals surface area contributed by atoms with Crippen LogP contribution in [0.5, 0.6) is 0 Å². The third kappa shape index (κ3) is 60.2. The molecule has 0 radical (unpaired) electrons. The van der Waals surface area contributed by atoms with Crippen molar-refractivity contribution in [3.05, 3.63) is 146 Å². The van der Waals surface area contributed by atoms with Gasteiger partial charge in [-0.1, -0.05) is 250 Å². The number of carbonyl (C=O) groups is 3. The van der Waals surface area contributed by atoms with Crippen molar-refractivity contribution in [2.24, 2.45) is 0 Å². The topological polar surface area (TPSA) is 78.9 Å². The molecule has 0 fully saturated rings. The first kappa shape index (κ1) is 71.3. The van der Waals surface area contributed by atoms with Crippen molar-refractivity contribution in [2.45, 2.75) is 264 Å². The van der Waals surface area contributed by atoms with E-state index in [0.29, 0.717) is 19.3 Å². The minimum absolute atomic E-state index is 0.0999. The Bertz CT molecular complexity index is 1680. The highest BCUT2D eigenvalue weighted by Gasteiger charge is 2.19. The normalized spacial score (nSPS) is 13.1. The Morgan fingerprint density at radius 1 is 0.276 bits per heavy atom. The van der Waals surface area contributed by atoms with E-state index in [2.05, 4.69) is 167 Å². The molecule has 0 rings (SSSR count). The second-order valence-corrected chi connectivity index (χ2v) is 19.8. The highest BCUT2D eigenvalue weighted by Crippen LogP contribution is 2.15. The van der Waals surface area contributed by atoms with Crippen LogP contribution in [0.3, 0.4) is 0 Å². The van der Waals surface area contributed by atoms with E-state index in [0.717, 1.165) is 154 Å². The van der Waals surface area contributed by atoms with Crippen molar-refractivity contribution in [3.63, 3.8) is 0 Å². The number of carbonyl (C=O) groups excluding carboxylic acids is 3. The molecule has 0 N–H and O–H groups in total. The maximum Gasteiger partial charge on any atom is 0.306 e. The molecule has 0 saturated heterocycles. The van der Waals surface area contributed by atoms with Crippen molar-refractivity contribution in [2.75, 3.05) is 13.2 Å². The van der Waals surface area contributed by atoms with Crippen LogP contribution in [0, 0.1) is 0 Å². The van der Waals surface area contributed by atoms with Crippen LogP contribution in [-0.2, 0) is 28.6 Å². The lowest BCUT2D eigenvalue weighted by molar-refractivity contribution is -0.167. The molecule has 0 aromatic carbocycles. The smallest absolute Gasteiger partial charge is 0.306 e. The van der Waals surface area contributed by atoms with Crippen molar-refractivity contribution in [1.29, 1.82) is 0 Å². The standard InChI is InChI=1S/C70H112O6/c1-4-7-10-13-16-19-22-24-26-28-30-32-34-35-37-38-40-42-44-46-48-51-54-57-60-63-69(72)75-66-67(65-74-68(71)62-59-56-53-50-21-18-15-12-9-6-3)76-70(73)64-61-58-55-52-49-47-45-43-41-39-36-33-31-29-27-25-23-20-17-14-11-8-5-2/h7-8,10-12,15-17,19-20,24-27,30-33,35,37,40,42,46,48,67H,4-6,9,13-14,18,21-23,28-29,34,36,38-39,41,43-45,47,49-66H2,1-3H3/b10-7-,11-8-,15-12-,19-16-,20-17-,26-24-,27-25-,32-30-,33-31-,37-35-,42-40-,48-46-. The fourth-order valence-electron chi connectivity index (χ4n) is 8.00. The minimum atomic E-state index is -0.804. The first-order valence-electron chi connectivity index (χ1n) is 30.8. The van der Waals surface area contributed by atoms with Crippen LogP contribution < -0.4 is 0 Å². The maximum atomic E-state index is 12.9. The number of allylic oxidation sites excluding steroid dienone is 24. The lowest BCUT2D eigenvalue weighted by Gasteiger charge is -2.18. The van der Waals surface area contributed by atoms with Crippen molar-refractivity contribution >= 4 is 17.9 Å². The van der Waals surface area contributed by atoms with Gasteiger partial charge in [0.05, 0.1) is 0 Å². The van der Waals surface area contributed by atoms with Gasteiger partial charge in [-0.2, -0.15) is 0 Å². The summed E-state index contributed by atoms with van der Waals surface area (Å²) < 4.78 is 16.8. The second kappa shape index (κ2) is 62.8. The van der Waals surface area contributed by atoms with E-state index in [-0.39, 0.29) is 31.1 Å². The summed E-state index contributed by atoms with van der Waals surface area (Å²) in [5, 5.41) is 0. The Hall–Kier alpha value is -4.71. The lowest BCUT2D eigenvalue weighted by Crippen LogP contribution is -2.30. The van der Waals surface area contributed by atoms with Gasteiger partial charge in [0.15, 0.2) is 6.10 Å². The van der Waals surface area contributed by atoms with Gasteiger partial charge >= 0.3 is 17.9 Å². The van der Waals surface area contributed by atoms with E-state index in [1.807, 2.05) is 0 Å². The molecular weight excluding hydrogens is 937 g/mol. The zero-order valence-corrected chi connectivity index (χ0v) is 49.0. The number of hydrogen-bond donors (Lipinski definition) is 0. The van der Waals surface area contributed by atoms with E-state index < -0.39 is 6.10 Å². The summed E-state index contributed by atoms with van der Waals surface area (Å²) >= 11 is 0. The van der Waals surface area contributed by atoms with E-state index in [9.17, 15) is 14.4 Å². The predicted molar refractivity (Wildman–Crippen MR) is 329 cm³/mol. The highest BCUT2D eigenvalue weighted by molar-refractivity contribution is 5.71. The molecule has 0 aromatic rings. The Labute approximate surface area is 467 Å². The molecule has 1 unspecified atom stereocenters. The van der Waals surface area contributed by atoms with Gasteiger partial charge in [-0.15, -0.1) is 0 Å². The predicted octanol–water partition coefficient (Wildman–Crippen LogP) is 21.2. The zero-order chi connectivity index (χ0) is 55.0. The summed E-state index contributed by atoms with van der Waals surface area (Å²) in [5.41, 5.74) is 0. The molecule has 428 valence electrons. The van der Waals surface area contributed by atoms with Crippen LogP contribution in [-0.4, -0.2) is 37.2 Å². The average molecular weight is 1050 g/mol. The van der Waals surface area contributed by atoms with Gasteiger partial charge in [-0.25, -0.2) is 0 Å². The minimum Gasteiger partial charge on any atom is -0.462 e. The van der Waals surface area contributed by atoms with Crippen molar-refractivity contribution in [3.8, 4) is 0 Å². The van der Waals surface area contributed by atoms with E-state index in [1.165, 1.54) is 64.2 Å². The van der Waals surface area contributed by atoms with Crippen LogP contribution in [0.4, 0.5) is 0 Å². The van der Waals surface area contributed by atoms with E-state index in [1.54, 1.807) is 0 Å². The Morgan fingerprint density at radius 3 is 0.829 bits per heavy atom. The monoisotopic (exact) mass is 1050 g/mol. The number of ether oxygens (including phenoxy) is 3. The summed E-state index contributed by atoms with van der Waals surface area (Å²) in [7, 11) is 0. The van der Waals surface area contributed by atoms with Crippen molar-refractivity contribution in [1.82, 2.24) is 0 Å². The summed E-state index contributed by atoms with van der Waals surface area (Å²) in [6, 6.07) is 0. The Morgan fingerprint density at radius 2 is 0.513 bits per heavy atom. The highest BCUT2D eigenvalue weighted by atomic mass is 16.6. The van der Waals surface area contributed by atoms with Crippen LogP contribution >= 0.6 is 0 Å². The molecule has 0 aliphatic heterocycles. The lowest BCUT2D eigenvalue weighted by atomic mass is 10.0. The van der Waals surface area contributed by atoms with Crippen LogP contribution in [0.15, 0.2) is 146 Å². The fourth-order valence-corrected chi connectivity index (χ4v) is 8.00. The molecule has 0 aromatic heterocycles. The van der Waals surface area contributed by atoms with Gasteiger partial charge in [-0.05, 0) is 135 Å². The van der Waals surface area contributed by atoms with Gasteiger partial charge in [0.2, 0.25) is 0 Å². The largest absolute Gasteiger partial charge is 0.462 e. The third-order valence-electron chi connectivity index (χ3n) is 12.5. The van der Waals surface area contributed by atoms with Gasteiger partial charge in [0.25, 0.3) is 0 Å². The molecule has 0 amide bonds. The summed E-state index contributed by atoms with van der Waals surface area (Å²) in [4.78, 5) is 38.2. The number of esters is 3. The van der Waals surface area contributed by atoms with E-state index in [4.69, 9.17) is 14.2 Å². The SMILES string of the molecule is CC/C=C\C/C=C\C/C=C\C/C=C\C/C=C\C/C=C\C/C=C\CCCCCC(=O)OCC(COC(=O)CCCCCCC/C=C\CCC)OC(=O)CCCCCCCCCCCC/C=C\C/C=C\C/C=C\C/C=C\CC. The Balaban J connectivity index is 4.38. The quantitative estimate of drug-likeness (QED) is 0.0261. The maximum absolute atomic E-state index is 12.9. The molecule has 1 atom stereocenters. The van der Waals surface area contributed by atoms with Gasteiger partial charge in [0.1, 0.15) is 13.2 Å². The Kier molecular flexibility index (Phi) is 58.9. The molecule has 0 aliphatic rings. The van der Waals surface area contributed by atoms with Crippen LogP contribution in [0.2, 0.25) is 0 Å². The fraction of sp³-hybridized carbons (Fsp3) is 0.614. The third-order valence-corrected chi connectivity index (χ3v) is 12.5. The van der Waals surface area contributed by atoms with Gasteiger partial charge in [0, 0.05) is 19.3 Å². The van der Waals surface area contributed by atoms with Gasteiger partial charge in [-0.3, -0.25) is 14.4 Å². The number of unbranched alkanes of at least 4 members (excludes halogenated alkanes) is 19. The first-order chi connectivity index (χ1) is 37.5. The molecule has 0 bridgehead atoms. The van der Waals surface area contributed by atoms with Crippen LogP contribution in [0.25, 0.3) is 0 Å². The molecule has 0 aliphatic carbocycles. The molecule has 6 nitrogen and oxygen atoms in total. The second-order valence-electron chi connectivity index (χ2n) is 19.8. The summed E-state index contributed by atoms with van der Waals surface area (Å²) in [6.07, 6.45) is 89.9. The number of hydrogen-bond acceptors (Lipinski definition) is 6. The average Bonchev–Trinajstić information content (AvgIpc) is 3.42. The molecular formula is C70H112O6. The van der Waals surface area contributed by atoms with E-state index >= 15 is 0 Å². The zero-order valence-electron chi connectivity index (χ0n) is 49.0. The number of rotatable bonds is 54. The molecule has 0 heterocycles. The summed E-state index contributed by atoms with van der Waals surface area (Å²) in [6.45, 7) is 6.31. The molecule has 0 spiro atoms. The molecule has 0 saturated carbocycles. The van der Waals surface area contributed by atoms with Gasteiger partial charge < -0.3 is 14.2 Å². The first-order valence-corrected chi connectivity index (χ1v) is 30.8.